The van der Waals surface area contributed by atoms with Crippen LogP contribution in [0.15, 0.2) is 18.3 Å². The van der Waals surface area contributed by atoms with Crippen LogP contribution in [0, 0.1) is 6.92 Å². The number of aryl methyl sites for hydroxylation is 1. The minimum absolute atomic E-state index is 0.471. The Bertz CT molecular complexity index is 328. The zero-order valence-electron chi connectivity index (χ0n) is 9.40. The third kappa shape index (κ3) is 2.12. The van der Waals surface area contributed by atoms with E-state index in [4.69, 9.17) is 0 Å². The van der Waals surface area contributed by atoms with E-state index < -0.39 is 5.60 Å². The first-order valence-electron chi connectivity index (χ1n) is 5.53. The van der Waals surface area contributed by atoms with Crippen LogP contribution in [0.1, 0.15) is 25.3 Å². The lowest BCUT2D eigenvalue weighted by atomic mass is 9.89. The molecule has 0 aromatic carbocycles. The van der Waals surface area contributed by atoms with Crippen LogP contribution < -0.4 is 4.90 Å². The van der Waals surface area contributed by atoms with E-state index in [0.29, 0.717) is 0 Å². The van der Waals surface area contributed by atoms with Gasteiger partial charge in [-0.25, -0.2) is 4.98 Å². The molecule has 1 N–H and O–H groups in total. The predicted octanol–water partition coefficient (Wildman–Crippen LogP) is 1.74. The number of anilines is 1. The highest BCUT2D eigenvalue weighted by molar-refractivity contribution is 5.44. The van der Waals surface area contributed by atoms with Crippen molar-refractivity contribution < 1.29 is 5.11 Å². The van der Waals surface area contributed by atoms with Crippen molar-refractivity contribution in [1.82, 2.24) is 4.98 Å². The average Bonchev–Trinajstić information content (AvgIpc) is 2.16. The number of β-amino-alcohol motifs (C(OH)–C–C–N with tert-alkyl or cyclic N) is 1. The Labute approximate surface area is 90.8 Å². The summed E-state index contributed by atoms with van der Waals surface area (Å²) in [6.07, 6.45) is 3.79. The number of aliphatic hydroxyl groups is 1. The van der Waals surface area contributed by atoms with E-state index in [2.05, 4.69) is 22.9 Å². The molecular weight excluding hydrogens is 188 g/mol. The van der Waals surface area contributed by atoms with Gasteiger partial charge in [-0.3, -0.25) is 0 Å². The summed E-state index contributed by atoms with van der Waals surface area (Å²) in [4.78, 5) is 6.46. The van der Waals surface area contributed by atoms with Crippen molar-refractivity contribution >= 4 is 5.82 Å². The molecule has 0 aliphatic carbocycles. The number of hydrogen-bond acceptors (Lipinski definition) is 3. The molecule has 1 aromatic rings. The van der Waals surface area contributed by atoms with Crippen molar-refractivity contribution in [2.24, 2.45) is 0 Å². The lowest BCUT2D eigenvalue weighted by Crippen LogP contribution is -2.62. The molecule has 3 nitrogen and oxygen atoms in total. The average molecular weight is 206 g/mol. The molecule has 2 heterocycles. The van der Waals surface area contributed by atoms with Crippen molar-refractivity contribution in [1.29, 1.82) is 0 Å². The van der Waals surface area contributed by atoms with E-state index in [1.807, 2.05) is 19.2 Å². The number of hydrogen-bond donors (Lipinski definition) is 1. The van der Waals surface area contributed by atoms with Crippen LogP contribution >= 0.6 is 0 Å². The maximum absolute atomic E-state index is 10.0. The van der Waals surface area contributed by atoms with E-state index in [-0.39, 0.29) is 0 Å². The maximum Gasteiger partial charge on any atom is 0.128 e. The molecule has 1 saturated heterocycles. The van der Waals surface area contributed by atoms with Gasteiger partial charge >= 0.3 is 0 Å². The van der Waals surface area contributed by atoms with Crippen LogP contribution in [0.4, 0.5) is 5.82 Å². The van der Waals surface area contributed by atoms with Crippen molar-refractivity contribution in [3.8, 4) is 0 Å². The Balaban J connectivity index is 1.97. The van der Waals surface area contributed by atoms with Gasteiger partial charge in [0.05, 0.1) is 5.60 Å². The second-order valence-corrected chi connectivity index (χ2v) is 4.52. The molecule has 1 aromatic heterocycles. The van der Waals surface area contributed by atoms with Gasteiger partial charge in [0.25, 0.3) is 0 Å². The summed E-state index contributed by atoms with van der Waals surface area (Å²) in [6.45, 7) is 5.57. The topological polar surface area (TPSA) is 36.4 Å². The second-order valence-electron chi connectivity index (χ2n) is 4.52. The number of aromatic nitrogens is 1. The summed E-state index contributed by atoms with van der Waals surface area (Å²) in [7, 11) is 0. The summed E-state index contributed by atoms with van der Waals surface area (Å²) < 4.78 is 0. The standard InChI is InChI=1S/C12H18N2O/c1-3-6-12(15)8-14(9-12)11-5-4-10(2)7-13-11/h4-5,7,15H,3,6,8-9H2,1-2H3. The van der Waals surface area contributed by atoms with Gasteiger partial charge < -0.3 is 10.0 Å². The van der Waals surface area contributed by atoms with E-state index in [1.165, 1.54) is 5.56 Å². The molecule has 15 heavy (non-hydrogen) atoms. The quantitative estimate of drug-likeness (QED) is 0.818. The van der Waals surface area contributed by atoms with Gasteiger partial charge in [0, 0.05) is 19.3 Å². The molecule has 0 saturated carbocycles. The fourth-order valence-electron chi connectivity index (χ4n) is 2.10. The zero-order chi connectivity index (χ0) is 10.9. The predicted molar refractivity (Wildman–Crippen MR) is 61.0 cm³/mol. The van der Waals surface area contributed by atoms with E-state index in [1.54, 1.807) is 0 Å². The Hall–Kier alpha value is -1.09. The van der Waals surface area contributed by atoms with Gasteiger partial charge in [-0.2, -0.15) is 0 Å². The minimum Gasteiger partial charge on any atom is -0.386 e. The van der Waals surface area contributed by atoms with E-state index in [0.717, 1.165) is 31.7 Å². The maximum atomic E-state index is 10.0. The Morgan fingerprint density at radius 3 is 2.73 bits per heavy atom. The van der Waals surface area contributed by atoms with Gasteiger partial charge in [-0.05, 0) is 25.0 Å². The SMILES string of the molecule is CCCC1(O)CN(c2ccc(C)cn2)C1. The number of pyridine rings is 1. The molecule has 0 bridgehead atoms. The monoisotopic (exact) mass is 206 g/mol. The lowest BCUT2D eigenvalue weighted by Gasteiger charge is -2.47. The lowest BCUT2D eigenvalue weighted by molar-refractivity contribution is 0.00295. The van der Waals surface area contributed by atoms with E-state index in [9.17, 15) is 5.11 Å². The first kappa shape index (κ1) is 10.4. The smallest absolute Gasteiger partial charge is 0.128 e. The van der Waals surface area contributed by atoms with Crippen LogP contribution in [0.5, 0.6) is 0 Å². The van der Waals surface area contributed by atoms with Crippen LogP contribution in [-0.4, -0.2) is 28.8 Å². The van der Waals surface area contributed by atoms with Gasteiger partial charge in [0.1, 0.15) is 5.82 Å². The molecule has 0 amide bonds. The molecule has 1 fully saturated rings. The summed E-state index contributed by atoms with van der Waals surface area (Å²) in [5.41, 5.74) is 0.699. The molecule has 2 rings (SSSR count). The Morgan fingerprint density at radius 2 is 2.20 bits per heavy atom. The van der Waals surface area contributed by atoms with Gasteiger partial charge in [0.15, 0.2) is 0 Å². The molecule has 1 aliphatic rings. The highest BCUT2D eigenvalue weighted by Gasteiger charge is 2.40. The molecule has 0 atom stereocenters. The Morgan fingerprint density at radius 1 is 1.47 bits per heavy atom. The van der Waals surface area contributed by atoms with Gasteiger partial charge in [0.2, 0.25) is 0 Å². The zero-order valence-corrected chi connectivity index (χ0v) is 9.40. The van der Waals surface area contributed by atoms with E-state index >= 15 is 0 Å². The summed E-state index contributed by atoms with van der Waals surface area (Å²) >= 11 is 0. The molecule has 0 spiro atoms. The third-order valence-corrected chi connectivity index (χ3v) is 2.91. The number of nitrogens with zero attached hydrogens (tertiary/aromatic N) is 2. The number of rotatable bonds is 3. The minimum atomic E-state index is -0.471. The Kier molecular flexibility index (Phi) is 2.65. The van der Waals surface area contributed by atoms with Crippen molar-refractivity contribution in [3.63, 3.8) is 0 Å². The van der Waals surface area contributed by atoms with Crippen LogP contribution in [-0.2, 0) is 0 Å². The van der Waals surface area contributed by atoms with Crippen molar-refractivity contribution in [2.45, 2.75) is 32.3 Å². The third-order valence-electron chi connectivity index (χ3n) is 2.91. The summed E-state index contributed by atoms with van der Waals surface area (Å²) in [5.74, 6) is 0.973. The van der Waals surface area contributed by atoms with Crippen LogP contribution in [0.2, 0.25) is 0 Å². The molecule has 1 aliphatic heterocycles. The molecule has 0 unspecified atom stereocenters. The fraction of sp³-hybridized carbons (Fsp3) is 0.583. The summed E-state index contributed by atoms with van der Waals surface area (Å²) in [5, 5.41) is 10.0. The molecule has 82 valence electrons. The van der Waals surface area contributed by atoms with Crippen molar-refractivity contribution in [2.75, 3.05) is 18.0 Å². The first-order valence-corrected chi connectivity index (χ1v) is 5.53. The highest BCUT2D eigenvalue weighted by atomic mass is 16.3. The largest absolute Gasteiger partial charge is 0.386 e. The summed E-state index contributed by atoms with van der Waals surface area (Å²) in [6, 6.07) is 4.07. The fourth-order valence-corrected chi connectivity index (χ4v) is 2.10. The first-order chi connectivity index (χ1) is 7.13. The van der Waals surface area contributed by atoms with Gasteiger partial charge in [-0.1, -0.05) is 19.4 Å². The van der Waals surface area contributed by atoms with Gasteiger partial charge in [-0.15, -0.1) is 0 Å². The molecular formula is C12H18N2O. The molecule has 0 radical (unpaired) electrons. The normalized spacial score (nSPS) is 18.7. The highest BCUT2D eigenvalue weighted by Crippen LogP contribution is 2.29. The molecule has 3 heteroatoms. The second kappa shape index (κ2) is 3.81. The van der Waals surface area contributed by atoms with Crippen LogP contribution in [0.3, 0.4) is 0 Å². The van der Waals surface area contributed by atoms with Crippen molar-refractivity contribution in [3.05, 3.63) is 23.9 Å². The van der Waals surface area contributed by atoms with Crippen LogP contribution in [0.25, 0.3) is 0 Å².